The number of aliphatic hydroxyl groups excluding tert-OH is 1. The van der Waals surface area contributed by atoms with Crippen LogP contribution in [0.2, 0.25) is 5.02 Å². The zero-order chi connectivity index (χ0) is 15.6. The first kappa shape index (κ1) is 15.5. The van der Waals surface area contributed by atoms with Gasteiger partial charge in [-0.3, -0.25) is 0 Å². The standard InChI is InChI=1S/C18H20ClNO2/c1-13(21)14-6-2-3-7-15(14)18(12-20-10-11-22-18)16-8-4-5-9-17(16)19/h2-9,13,20-21H,10-12H2,1H3. The molecular weight excluding hydrogens is 298 g/mol. The summed E-state index contributed by atoms with van der Waals surface area (Å²) < 4.78 is 6.25. The van der Waals surface area contributed by atoms with E-state index in [2.05, 4.69) is 5.32 Å². The van der Waals surface area contributed by atoms with Crippen molar-refractivity contribution in [3.63, 3.8) is 0 Å². The maximum Gasteiger partial charge on any atom is 0.132 e. The first-order chi connectivity index (χ1) is 10.6. The van der Waals surface area contributed by atoms with Crippen LogP contribution in [-0.2, 0) is 10.3 Å². The molecule has 1 heterocycles. The molecule has 116 valence electrons. The Bertz CT molecular complexity index is 651. The molecule has 0 saturated carbocycles. The molecule has 0 bridgehead atoms. The van der Waals surface area contributed by atoms with Gasteiger partial charge in [-0.2, -0.15) is 0 Å². The first-order valence-electron chi connectivity index (χ1n) is 7.52. The average Bonchev–Trinajstić information content (AvgIpc) is 2.56. The smallest absolute Gasteiger partial charge is 0.132 e. The molecule has 0 aromatic heterocycles. The Labute approximate surface area is 135 Å². The maximum absolute atomic E-state index is 10.2. The summed E-state index contributed by atoms with van der Waals surface area (Å²) in [5.74, 6) is 0. The molecule has 0 spiro atoms. The van der Waals surface area contributed by atoms with Gasteiger partial charge in [0.1, 0.15) is 5.60 Å². The van der Waals surface area contributed by atoms with Gasteiger partial charge in [0.15, 0.2) is 0 Å². The van der Waals surface area contributed by atoms with Gasteiger partial charge >= 0.3 is 0 Å². The Morgan fingerprint density at radius 2 is 1.82 bits per heavy atom. The lowest BCUT2D eigenvalue weighted by Crippen LogP contribution is -2.49. The SMILES string of the molecule is CC(O)c1ccccc1C1(c2ccccc2Cl)CNCCO1. The van der Waals surface area contributed by atoms with E-state index in [0.29, 0.717) is 18.2 Å². The highest BCUT2D eigenvalue weighted by molar-refractivity contribution is 6.31. The van der Waals surface area contributed by atoms with Crippen molar-refractivity contribution in [2.75, 3.05) is 19.7 Å². The van der Waals surface area contributed by atoms with Crippen LogP contribution in [0.15, 0.2) is 48.5 Å². The van der Waals surface area contributed by atoms with Gasteiger partial charge in [-0.05, 0) is 24.1 Å². The summed E-state index contributed by atoms with van der Waals surface area (Å²) in [6.45, 7) is 3.80. The van der Waals surface area contributed by atoms with Crippen LogP contribution in [0.1, 0.15) is 29.7 Å². The zero-order valence-electron chi connectivity index (χ0n) is 12.6. The van der Waals surface area contributed by atoms with Gasteiger partial charge in [0, 0.05) is 23.7 Å². The summed E-state index contributed by atoms with van der Waals surface area (Å²) in [4.78, 5) is 0. The number of ether oxygens (including phenoxy) is 1. The third-order valence-electron chi connectivity index (χ3n) is 4.16. The van der Waals surface area contributed by atoms with Gasteiger partial charge in [0.05, 0.1) is 12.7 Å². The molecule has 1 saturated heterocycles. The van der Waals surface area contributed by atoms with Crippen LogP contribution in [0.4, 0.5) is 0 Å². The summed E-state index contributed by atoms with van der Waals surface area (Å²) in [7, 11) is 0. The molecule has 1 fully saturated rings. The highest BCUT2D eigenvalue weighted by Gasteiger charge is 2.40. The molecule has 3 nitrogen and oxygen atoms in total. The van der Waals surface area contributed by atoms with E-state index in [1.807, 2.05) is 48.5 Å². The molecule has 2 aromatic rings. The number of rotatable bonds is 3. The molecule has 22 heavy (non-hydrogen) atoms. The Balaban J connectivity index is 2.22. The fraction of sp³-hybridized carbons (Fsp3) is 0.333. The van der Waals surface area contributed by atoms with Gasteiger partial charge in [0.2, 0.25) is 0 Å². The Morgan fingerprint density at radius 3 is 2.45 bits per heavy atom. The summed E-state index contributed by atoms with van der Waals surface area (Å²) in [6.07, 6.45) is -0.568. The van der Waals surface area contributed by atoms with Crippen molar-refractivity contribution in [3.05, 3.63) is 70.2 Å². The quantitative estimate of drug-likeness (QED) is 0.913. The third kappa shape index (κ3) is 2.66. The van der Waals surface area contributed by atoms with E-state index in [1.165, 1.54) is 0 Å². The Morgan fingerprint density at radius 1 is 1.14 bits per heavy atom. The van der Waals surface area contributed by atoms with Crippen LogP contribution in [0.25, 0.3) is 0 Å². The molecule has 2 aromatic carbocycles. The van der Waals surface area contributed by atoms with Crippen molar-refractivity contribution >= 4 is 11.6 Å². The molecule has 0 aliphatic carbocycles. The lowest BCUT2D eigenvalue weighted by molar-refractivity contribution is -0.0419. The number of benzene rings is 2. The van der Waals surface area contributed by atoms with Gasteiger partial charge in [-0.25, -0.2) is 0 Å². The van der Waals surface area contributed by atoms with Crippen molar-refractivity contribution in [3.8, 4) is 0 Å². The molecule has 1 aliphatic rings. The minimum absolute atomic E-state index is 0.568. The number of morpholine rings is 1. The van der Waals surface area contributed by atoms with Gasteiger partial charge in [-0.1, -0.05) is 54.1 Å². The number of aliphatic hydroxyl groups is 1. The van der Waals surface area contributed by atoms with E-state index in [-0.39, 0.29) is 0 Å². The van der Waals surface area contributed by atoms with Crippen LogP contribution in [0.3, 0.4) is 0 Å². The molecule has 2 atom stereocenters. The van der Waals surface area contributed by atoms with Crippen LogP contribution < -0.4 is 5.32 Å². The van der Waals surface area contributed by atoms with Crippen molar-refractivity contribution in [1.82, 2.24) is 5.32 Å². The molecule has 3 rings (SSSR count). The number of nitrogens with one attached hydrogen (secondary N) is 1. The summed E-state index contributed by atoms with van der Waals surface area (Å²) in [6, 6.07) is 15.6. The van der Waals surface area contributed by atoms with E-state index in [4.69, 9.17) is 16.3 Å². The molecule has 4 heteroatoms. The number of halogens is 1. The Kier molecular flexibility index (Phi) is 4.50. The first-order valence-corrected chi connectivity index (χ1v) is 7.90. The van der Waals surface area contributed by atoms with Crippen LogP contribution >= 0.6 is 11.6 Å². The topological polar surface area (TPSA) is 41.5 Å². The summed E-state index contributed by atoms with van der Waals surface area (Å²) in [5.41, 5.74) is 2.08. The van der Waals surface area contributed by atoms with E-state index >= 15 is 0 Å². The van der Waals surface area contributed by atoms with E-state index in [1.54, 1.807) is 6.92 Å². The van der Waals surface area contributed by atoms with Crippen molar-refractivity contribution in [1.29, 1.82) is 0 Å². The minimum Gasteiger partial charge on any atom is -0.389 e. The van der Waals surface area contributed by atoms with E-state index in [9.17, 15) is 5.11 Å². The molecular formula is C18H20ClNO2. The molecule has 0 radical (unpaired) electrons. The number of hydrogen-bond donors (Lipinski definition) is 2. The largest absolute Gasteiger partial charge is 0.389 e. The number of hydrogen-bond acceptors (Lipinski definition) is 3. The fourth-order valence-electron chi connectivity index (χ4n) is 3.12. The summed E-state index contributed by atoms with van der Waals surface area (Å²) >= 11 is 6.46. The second kappa shape index (κ2) is 6.39. The van der Waals surface area contributed by atoms with Crippen molar-refractivity contribution < 1.29 is 9.84 Å². The van der Waals surface area contributed by atoms with Crippen molar-refractivity contribution in [2.45, 2.75) is 18.6 Å². The van der Waals surface area contributed by atoms with Crippen LogP contribution in [-0.4, -0.2) is 24.8 Å². The van der Waals surface area contributed by atoms with Crippen molar-refractivity contribution in [2.24, 2.45) is 0 Å². The summed E-state index contributed by atoms with van der Waals surface area (Å²) in [5, 5.41) is 14.2. The minimum atomic E-state index is -0.676. The molecule has 2 N–H and O–H groups in total. The predicted molar refractivity (Wildman–Crippen MR) is 88.1 cm³/mol. The second-order valence-electron chi connectivity index (χ2n) is 5.60. The predicted octanol–water partition coefficient (Wildman–Crippen LogP) is 3.26. The van der Waals surface area contributed by atoms with E-state index in [0.717, 1.165) is 23.2 Å². The van der Waals surface area contributed by atoms with Gasteiger partial charge in [0.25, 0.3) is 0 Å². The molecule has 1 aliphatic heterocycles. The van der Waals surface area contributed by atoms with Crippen LogP contribution in [0, 0.1) is 0 Å². The zero-order valence-corrected chi connectivity index (χ0v) is 13.3. The highest BCUT2D eigenvalue weighted by Crippen LogP contribution is 2.41. The molecule has 2 unspecified atom stereocenters. The highest BCUT2D eigenvalue weighted by atomic mass is 35.5. The monoisotopic (exact) mass is 317 g/mol. The lowest BCUT2D eigenvalue weighted by Gasteiger charge is -2.40. The van der Waals surface area contributed by atoms with Gasteiger partial charge in [-0.15, -0.1) is 0 Å². The second-order valence-corrected chi connectivity index (χ2v) is 6.00. The average molecular weight is 318 g/mol. The molecule has 0 amide bonds. The van der Waals surface area contributed by atoms with E-state index < -0.39 is 11.7 Å². The van der Waals surface area contributed by atoms with Crippen LogP contribution in [0.5, 0.6) is 0 Å². The van der Waals surface area contributed by atoms with Gasteiger partial charge < -0.3 is 15.2 Å². The third-order valence-corrected chi connectivity index (χ3v) is 4.49. The lowest BCUT2D eigenvalue weighted by atomic mass is 9.81. The maximum atomic E-state index is 10.2. The fourth-order valence-corrected chi connectivity index (χ4v) is 3.41. The Hall–Kier alpha value is -1.39. The normalized spacial score (nSPS) is 23.2.